The number of halogens is 2. The number of rotatable bonds is 6. The maximum atomic E-state index is 13.7. The normalized spacial score (nSPS) is 15.2. The summed E-state index contributed by atoms with van der Waals surface area (Å²) in [6.45, 7) is 1.92. The number of carboxylic acids is 1. The highest BCUT2D eigenvalue weighted by Gasteiger charge is 2.35. The summed E-state index contributed by atoms with van der Waals surface area (Å²) in [5.41, 5.74) is 5.78. The first-order chi connectivity index (χ1) is 17.8. The van der Waals surface area contributed by atoms with E-state index >= 15 is 0 Å². The number of aryl methyl sites for hydroxylation is 1. The number of carboxylic acid groups (broad SMARTS) is 1. The van der Waals surface area contributed by atoms with Crippen LogP contribution in [0.3, 0.4) is 0 Å². The molecule has 0 unspecified atom stereocenters. The van der Waals surface area contributed by atoms with E-state index in [0.717, 1.165) is 43.3 Å². The molecule has 0 radical (unpaired) electrons. The quantitative estimate of drug-likeness (QED) is 0.286. The number of pyridine rings is 1. The predicted octanol–water partition coefficient (Wildman–Crippen LogP) is 6.65. The smallest absolute Gasteiger partial charge is 0.303 e. The molecule has 37 heavy (non-hydrogen) atoms. The van der Waals surface area contributed by atoms with E-state index in [-0.39, 0.29) is 18.7 Å². The fourth-order valence-electron chi connectivity index (χ4n) is 4.78. The van der Waals surface area contributed by atoms with Gasteiger partial charge in [0.1, 0.15) is 5.82 Å². The van der Waals surface area contributed by atoms with E-state index in [1.54, 1.807) is 12.1 Å². The van der Waals surface area contributed by atoms with Crippen molar-refractivity contribution in [3.63, 3.8) is 0 Å². The molecule has 0 fully saturated rings. The summed E-state index contributed by atoms with van der Waals surface area (Å²) in [5, 5.41) is 16.2. The van der Waals surface area contributed by atoms with Gasteiger partial charge in [0.2, 0.25) is 5.91 Å². The SMILES string of the molecule is Cc1nc2ccc(Br)cc2c(-c2ccccc2)c1C1=NN(C(=O)CCC(=O)O)[C@H](c2ccc(F)cc2)C1. The third kappa shape index (κ3) is 5.02. The van der Waals surface area contributed by atoms with Gasteiger partial charge in [-0.2, -0.15) is 5.10 Å². The molecule has 5 rings (SSSR count). The third-order valence-electron chi connectivity index (χ3n) is 6.45. The van der Waals surface area contributed by atoms with E-state index in [1.807, 2.05) is 55.5 Å². The van der Waals surface area contributed by atoms with Crippen LogP contribution in [0.15, 0.2) is 82.4 Å². The summed E-state index contributed by atoms with van der Waals surface area (Å²) in [6.07, 6.45) is -0.0975. The topological polar surface area (TPSA) is 82.9 Å². The van der Waals surface area contributed by atoms with Gasteiger partial charge < -0.3 is 5.11 Å². The van der Waals surface area contributed by atoms with E-state index in [1.165, 1.54) is 17.1 Å². The molecule has 8 heteroatoms. The molecular formula is C29H23BrFN3O3. The summed E-state index contributed by atoms with van der Waals surface area (Å²) in [7, 11) is 0. The Morgan fingerprint density at radius 2 is 1.76 bits per heavy atom. The van der Waals surface area contributed by atoms with Crippen LogP contribution in [0.5, 0.6) is 0 Å². The number of carbonyl (C=O) groups is 2. The van der Waals surface area contributed by atoms with Crippen molar-refractivity contribution in [2.75, 3.05) is 0 Å². The molecule has 1 atom stereocenters. The molecule has 0 aliphatic carbocycles. The fraction of sp³-hybridized carbons (Fsp3) is 0.172. The Morgan fingerprint density at radius 1 is 1.03 bits per heavy atom. The number of amides is 1. The van der Waals surface area contributed by atoms with Crippen molar-refractivity contribution >= 4 is 44.4 Å². The highest BCUT2D eigenvalue weighted by Crippen LogP contribution is 2.40. The Kier molecular flexibility index (Phi) is 6.84. The molecule has 1 aromatic heterocycles. The Morgan fingerprint density at radius 3 is 2.46 bits per heavy atom. The maximum Gasteiger partial charge on any atom is 0.303 e. The fourth-order valence-corrected chi connectivity index (χ4v) is 5.14. The second-order valence-corrected chi connectivity index (χ2v) is 9.84. The zero-order chi connectivity index (χ0) is 26.1. The molecule has 1 aliphatic rings. The van der Waals surface area contributed by atoms with E-state index in [9.17, 15) is 14.0 Å². The molecular weight excluding hydrogens is 537 g/mol. The van der Waals surface area contributed by atoms with E-state index < -0.39 is 17.9 Å². The van der Waals surface area contributed by atoms with Crippen molar-refractivity contribution in [3.8, 4) is 11.1 Å². The summed E-state index contributed by atoms with van der Waals surface area (Å²) >= 11 is 3.58. The van der Waals surface area contributed by atoms with E-state index in [4.69, 9.17) is 15.2 Å². The first-order valence-electron chi connectivity index (χ1n) is 11.8. The van der Waals surface area contributed by atoms with Gasteiger partial charge in [0.05, 0.1) is 23.7 Å². The average Bonchev–Trinajstić information content (AvgIpc) is 3.32. The number of carbonyl (C=O) groups excluding carboxylic acids is 1. The van der Waals surface area contributed by atoms with Gasteiger partial charge in [0, 0.05) is 39.5 Å². The van der Waals surface area contributed by atoms with Gasteiger partial charge in [-0.1, -0.05) is 58.4 Å². The Bertz CT molecular complexity index is 1540. The summed E-state index contributed by atoms with van der Waals surface area (Å²) < 4.78 is 14.6. The van der Waals surface area contributed by atoms with Crippen molar-refractivity contribution < 1.29 is 19.1 Å². The highest BCUT2D eigenvalue weighted by atomic mass is 79.9. The van der Waals surface area contributed by atoms with E-state index in [0.29, 0.717) is 12.1 Å². The van der Waals surface area contributed by atoms with Crippen molar-refractivity contribution in [2.45, 2.75) is 32.2 Å². The maximum absolute atomic E-state index is 13.7. The average molecular weight is 560 g/mol. The molecule has 3 aromatic carbocycles. The number of hydrazone groups is 1. The molecule has 0 bridgehead atoms. The number of fused-ring (bicyclic) bond motifs is 1. The van der Waals surface area contributed by atoms with Crippen molar-refractivity contribution in [1.29, 1.82) is 0 Å². The molecule has 4 aromatic rings. The van der Waals surface area contributed by atoms with Gasteiger partial charge >= 0.3 is 5.97 Å². The lowest BCUT2D eigenvalue weighted by Crippen LogP contribution is -2.27. The lowest BCUT2D eigenvalue weighted by Gasteiger charge is -2.22. The van der Waals surface area contributed by atoms with Gasteiger partial charge in [-0.25, -0.2) is 9.40 Å². The summed E-state index contributed by atoms with van der Waals surface area (Å²) in [6, 6.07) is 21.4. The Labute approximate surface area is 221 Å². The van der Waals surface area contributed by atoms with Crippen LogP contribution in [0, 0.1) is 12.7 Å². The van der Waals surface area contributed by atoms with Crippen LogP contribution < -0.4 is 0 Å². The molecule has 0 spiro atoms. The molecule has 0 saturated heterocycles. The third-order valence-corrected chi connectivity index (χ3v) is 6.95. The van der Waals surface area contributed by atoms with Crippen molar-refractivity contribution in [3.05, 3.63) is 99.9 Å². The number of benzene rings is 3. The number of aliphatic carboxylic acids is 1. The molecule has 2 heterocycles. The predicted molar refractivity (Wildman–Crippen MR) is 144 cm³/mol. The van der Waals surface area contributed by atoms with Crippen LogP contribution >= 0.6 is 15.9 Å². The zero-order valence-electron chi connectivity index (χ0n) is 20.0. The van der Waals surface area contributed by atoms with Crippen LogP contribution in [0.4, 0.5) is 4.39 Å². The van der Waals surface area contributed by atoms with Crippen LogP contribution in [0.25, 0.3) is 22.0 Å². The van der Waals surface area contributed by atoms with Crippen LogP contribution in [-0.2, 0) is 9.59 Å². The van der Waals surface area contributed by atoms with Gasteiger partial charge in [0.25, 0.3) is 0 Å². The first kappa shape index (κ1) is 24.8. The number of hydrogen-bond donors (Lipinski definition) is 1. The first-order valence-corrected chi connectivity index (χ1v) is 12.6. The summed E-state index contributed by atoms with van der Waals surface area (Å²) in [5.74, 6) is -1.83. The number of hydrogen-bond acceptors (Lipinski definition) is 4. The second kappa shape index (κ2) is 10.2. The standard InChI is InChI=1S/C29H23BrFN3O3/c1-17-28(29(19-5-3-2-4-6-19)22-15-20(30)9-12-23(22)32-17)24-16-25(18-7-10-21(31)11-8-18)34(33-24)26(35)13-14-27(36)37/h2-12,15,25H,13-14,16H2,1H3,(H,36,37)/t25-/m0/s1. The monoisotopic (exact) mass is 559 g/mol. The Balaban J connectivity index is 1.69. The second-order valence-electron chi connectivity index (χ2n) is 8.92. The van der Waals surface area contributed by atoms with E-state index in [2.05, 4.69) is 15.9 Å². The van der Waals surface area contributed by atoms with Crippen molar-refractivity contribution in [1.82, 2.24) is 9.99 Å². The van der Waals surface area contributed by atoms with Crippen LogP contribution in [0.1, 0.15) is 42.1 Å². The lowest BCUT2D eigenvalue weighted by atomic mass is 9.89. The molecule has 6 nitrogen and oxygen atoms in total. The molecule has 186 valence electrons. The molecule has 1 aliphatic heterocycles. The van der Waals surface area contributed by atoms with Gasteiger partial charge in [-0.05, 0) is 48.4 Å². The van der Waals surface area contributed by atoms with Gasteiger partial charge in [-0.3, -0.25) is 14.6 Å². The highest BCUT2D eigenvalue weighted by molar-refractivity contribution is 9.10. The molecule has 1 N–H and O–H groups in total. The number of aromatic nitrogens is 1. The molecule has 0 saturated carbocycles. The lowest BCUT2D eigenvalue weighted by molar-refractivity contribution is -0.141. The number of nitrogens with zero attached hydrogens (tertiary/aromatic N) is 3. The Hall–Kier alpha value is -3.91. The zero-order valence-corrected chi connectivity index (χ0v) is 21.6. The summed E-state index contributed by atoms with van der Waals surface area (Å²) in [4.78, 5) is 29.1. The largest absolute Gasteiger partial charge is 0.481 e. The van der Waals surface area contributed by atoms with Crippen LogP contribution in [0.2, 0.25) is 0 Å². The van der Waals surface area contributed by atoms with Gasteiger partial charge in [-0.15, -0.1) is 0 Å². The van der Waals surface area contributed by atoms with Crippen LogP contribution in [-0.4, -0.2) is 32.7 Å². The minimum absolute atomic E-state index is 0.183. The van der Waals surface area contributed by atoms with Gasteiger partial charge in [0.15, 0.2) is 0 Å². The minimum atomic E-state index is -1.05. The van der Waals surface area contributed by atoms with Crippen molar-refractivity contribution in [2.24, 2.45) is 5.10 Å². The molecule has 1 amide bonds. The minimum Gasteiger partial charge on any atom is -0.481 e.